The van der Waals surface area contributed by atoms with Gasteiger partial charge in [-0.1, -0.05) is 23.9 Å². The van der Waals surface area contributed by atoms with Crippen LogP contribution in [-0.4, -0.2) is 30.9 Å². The summed E-state index contributed by atoms with van der Waals surface area (Å²) in [6, 6.07) is 8.15. The van der Waals surface area contributed by atoms with Gasteiger partial charge in [-0.25, -0.2) is 4.98 Å². The Morgan fingerprint density at radius 3 is 2.67 bits per heavy atom. The molecule has 2 heterocycles. The average Bonchev–Trinajstić information content (AvgIpc) is 3.00. The maximum atomic E-state index is 5.57. The molecule has 3 rings (SSSR count). The number of rotatable bonds is 5. The van der Waals surface area contributed by atoms with Crippen molar-refractivity contribution >= 4 is 22.8 Å². The third-order valence-corrected chi connectivity index (χ3v) is 4.52. The van der Waals surface area contributed by atoms with Crippen molar-refractivity contribution in [3.05, 3.63) is 35.9 Å². The highest BCUT2D eigenvalue weighted by Crippen LogP contribution is 2.23. The molecule has 21 heavy (non-hydrogen) atoms. The van der Waals surface area contributed by atoms with Crippen LogP contribution in [0, 0.1) is 0 Å². The molecule has 0 bridgehead atoms. The maximum Gasteiger partial charge on any atom is 0.191 e. The zero-order valence-corrected chi connectivity index (χ0v) is 13.0. The molecule has 0 radical (unpaired) electrons. The quantitative estimate of drug-likeness (QED) is 0.723. The summed E-state index contributed by atoms with van der Waals surface area (Å²) in [6.45, 7) is 0.585. The number of para-hydroxylation sites is 2. The van der Waals surface area contributed by atoms with Gasteiger partial charge in [-0.3, -0.25) is 0 Å². The van der Waals surface area contributed by atoms with Crippen molar-refractivity contribution in [3.8, 4) is 0 Å². The normalized spacial score (nSPS) is 11.4. The van der Waals surface area contributed by atoms with Gasteiger partial charge in [-0.2, -0.15) is 0 Å². The van der Waals surface area contributed by atoms with Crippen molar-refractivity contribution in [1.29, 1.82) is 0 Å². The third kappa shape index (κ3) is 2.66. The number of hydrogen-bond donors (Lipinski definition) is 1. The molecule has 110 valence electrons. The van der Waals surface area contributed by atoms with E-state index in [1.165, 1.54) is 0 Å². The highest BCUT2D eigenvalue weighted by molar-refractivity contribution is 7.98. The van der Waals surface area contributed by atoms with E-state index in [1.807, 2.05) is 36.9 Å². The van der Waals surface area contributed by atoms with Crippen LogP contribution >= 0.6 is 11.8 Å². The van der Waals surface area contributed by atoms with Gasteiger partial charge < -0.3 is 14.9 Å². The zero-order chi connectivity index (χ0) is 14.8. The molecule has 2 aromatic heterocycles. The van der Waals surface area contributed by atoms with Gasteiger partial charge in [-0.05, 0) is 18.7 Å². The fourth-order valence-corrected chi connectivity index (χ4v) is 3.19. The lowest BCUT2D eigenvalue weighted by Crippen LogP contribution is -2.08. The largest absolute Gasteiger partial charge is 0.330 e. The van der Waals surface area contributed by atoms with Gasteiger partial charge in [0.25, 0.3) is 0 Å². The number of hydrogen-bond acceptors (Lipinski definition) is 5. The van der Waals surface area contributed by atoms with E-state index in [1.54, 1.807) is 11.8 Å². The topological polar surface area (TPSA) is 74.6 Å². The Labute approximate surface area is 127 Å². The van der Waals surface area contributed by atoms with E-state index in [9.17, 15) is 0 Å². The zero-order valence-electron chi connectivity index (χ0n) is 12.2. The average molecular weight is 302 g/mol. The van der Waals surface area contributed by atoms with Gasteiger partial charge in [-0.15, -0.1) is 10.2 Å². The van der Waals surface area contributed by atoms with E-state index in [0.717, 1.165) is 40.0 Å². The van der Waals surface area contributed by atoms with Crippen LogP contribution in [0.25, 0.3) is 11.0 Å². The van der Waals surface area contributed by atoms with E-state index in [0.29, 0.717) is 6.54 Å². The molecule has 0 saturated carbocycles. The summed E-state index contributed by atoms with van der Waals surface area (Å²) >= 11 is 1.64. The molecule has 0 spiro atoms. The van der Waals surface area contributed by atoms with E-state index in [-0.39, 0.29) is 0 Å². The summed E-state index contributed by atoms with van der Waals surface area (Å²) in [5, 5.41) is 9.28. The van der Waals surface area contributed by atoms with E-state index < -0.39 is 0 Å². The Balaban J connectivity index is 1.79. The SMILES string of the molecule is Cn1c(CCN)nnc1SCc1nc2ccccc2n1C. The predicted molar refractivity (Wildman–Crippen MR) is 84.0 cm³/mol. The predicted octanol–water partition coefficient (Wildman–Crippen LogP) is 1.50. The highest BCUT2D eigenvalue weighted by atomic mass is 32.2. The lowest BCUT2D eigenvalue weighted by Gasteiger charge is -2.03. The summed E-state index contributed by atoms with van der Waals surface area (Å²) in [4.78, 5) is 4.66. The Morgan fingerprint density at radius 2 is 1.90 bits per heavy atom. The second-order valence-electron chi connectivity index (χ2n) is 4.86. The van der Waals surface area contributed by atoms with E-state index in [4.69, 9.17) is 5.73 Å². The van der Waals surface area contributed by atoms with Gasteiger partial charge in [0, 0.05) is 20.5 Å². The molecule has 1 aromatic carbocycles. The summed E-state index contributed by atoms with van der Waals surface area (Å²) < 4.78 is 4.12. The third-order valence-electron chi connectivity index (χ3n) is 3.50. The number of nitrogens with zero attached hydrogens (tertiary/aromatic N) is 5. The first-order valence-corrected chi connectivity index (χ1v) is 7.80. The Hall–Kier alpha value is -1.86. The number of benzene rings is 1. The fourth-order valence-electron chi connectivity index (χ4n) is 2.27. The Kier molecular flexibility index (Phi) is 3.94. The molecule has 0 saturated heterocycles. The Bertz CT molecular complexity index is 760. The minimum absolute atomic E-state index is 0.585. The van der Waals surface area contributed by atoms with Crippen LogP contribution in [0.4, 0.5) is 0 Å². The highest BCUT2D eigenvalue weighted by Gasteiger charge is 2.12. The van der Waals surface area contributed by atoms with Crippen molar-refractivity contribution < 1.29 is 0 Å². The van der Waals surface area contributed by atoms with Crippen LogP contribution < -0.4 is 5.73 Å². The van der Waals surface area contributed by atoms with Crippen LogP contribution in [-0.2, 0) is 26.3 Å². The first-order valence-electron chi connectivity index (χ1n) is 6.82. The van der Waals surface area contributed by atoms with Crippen molar-refractivity contribution in [3.63, 3.8) is 0 Å². The molecule has 7 heteroatoms. The van der Waals surface area contributed by atoms with Crippen molar-refractivity contribution in [2.75, 3.05) is 6.54 Å². The summed E-state index contributed by atoms with van der Waals surface area (Å²) in [5.41, 5.74) is 7.74. The molecule has 3 aromatic rings. The summed E-state index contributed by atoms with van der Waals surface area (Å²) in [6.07, 6.45) is 0.746. The van der Waals surface area contributed by atoms with Crippen LogP contribution in [0.5, 0.6) is 0 Å². The minimum Gasteiger partial charge on any atom is -0.330 e. The second kappa shape index (κ2) is 5.87. The van der Waals surface area contributed by atoms with Gasteiger partial charge in [0.1, 0.15) is 11.6 Å². The molecule has 0 aliphatic carbocycles. The minimum atomic E-state index is 0.585. The number of aryl methyl sites for hydroxylation is 1. The standard InChI is InChI=1S/C14H18N6S/c1-19-11-6-4-3-5-10(11)16-13(19)9-21-14-18-17-12(7-8-15)20(14)2/h3-6H,7-9,15H2,1-2H3. The number of thioether (sulfide) groups is 1. The van der Waals surface area contributed by atoms with Gasteiger partial charge >= 0.3 is 0 Å². The molecule has 0 aliphatic heterocycles. The van der Waals surface area contributed by atoms with Crippen molar-refractivity contribution in [2.45, 2.75) is 17.3 Å². The van der Waals surface area contributed by atoms with Gasteiger partial charge in [0.2, 0.25) is 0 Å². The number of fused-ring (bicyclic) bond motifs is 1. The molecule has 0 atom stereocenters. The van der Waals surface area contributed by atoms with Crippen LogP contribution in [0.3, 0.4) is 0 Å². The number of aromatic nitrogens is 5. The molecular formula is C14H18N6S. The first kappa shape index (κ1) is 14.1. The first-order chi connectivity index (χ1) is 10.2. The molecule has 6 nitrogen and oxygen atoms in total. The molecule has 0 aliphatic rings. The monoisotopic (exact) mass is 302 g/mol. The van der Waals surface area contributed by atoms with Crippen LogP contribution in [0.2, 0.25) is 0 Å². The van der Waals surface area contributed by atoms with E-state index in [2.05, 4.69) is 25.8 Å². The van der Waals surface area contributed by atoms with Crippen LogP contribution in [0.1, 0.15) is 11.6 Å². The van der Waals surface area contributed by atoms with Crippen molar-refractivity contribution in [1.82, 2.24) is 24.3 Å². The molecule has 0 unspecified atom stereocenters. The molecule has 2 N–H and O–H groups in total. The maximum absolute atomic E-state index is 5.57. The van der Waals surface area contributed by atoms with Gasteiger partial charge in [0.15, 0.2) is 5.16 Å². The smallest absolute Gasteiger partial charge is 0.191 e. The van der Waals surface area contributed by atoms with Gasteiger partial charge in [0.05, 0.1) is 16.8 Å². The Morgan fingerprint density at radius 1 is 1.10 bits per heavy atom. The fraction of sp³-hybridized carbons (Fsp3) is 0.357. The lowest BCUT2D eigenvalue weighted by atomic mass is 10.3. The van der Waals surface area contributed by atoms with Crippen molar-refractivity contribution in [2.24, 2.45) is 19.8 Å². The van der Waals surface area contributed by atoms with Crippen LogP contribution in [0.15, 0.2) is 29.4 Å². The second-order valence-corrected chi connectivity index (χ2v) is 5.80. The lowest BCUT2D eigenvalue weighted by molar-refractivity contribution is 0.726. The van der Waals surface area contributed by atoms with E-state index >= 15 is 0 Å². The summed E-state index contributed by atoms with van der Waals surface area (Å²) in [7, 11) is 4.02. The molecular weight excluding hydrogens is 284 g/mol. The number of imidazole rings is 1. The molecule has 0 amide bonds. The number of nitrogens with two attached hydrogens (primary N) is 1. The molecule has 0 fully saturated rings. The summed E-state index contributed by atoms with van der Waals surface area (Å²) in [5.74, 6) is 2.72.